The number of ketones is 1. The molecular formula is C14H15N3O. The molecule has 1 aromatic carbocycles. The Morgan fingerprint density at radius 2 is 2.00 bits per heavy atom. The number of nitrogen functional groups attached to an aromatic ring is 1. The minimum atomic E-state index is 0.0820. The van der Waals surface area contributed by atoms with Gasteiger partial charge in [0, 0.05) is 35.8 Å². The number of Topliss-reactive ketones (excluding diaryl/α,β-unsaturated/α-hetero) is 1. The molecule has 2 rings (SSSR count). The van der Waals surface area contributed by atoms with E-state index in [4.69, 9.17) is 5.73 Å². The number of anilines is 2. The SMILES string of the molecule is Nc1ccncc1CC(=O)CNc1ccccc1. The van der Waals surface area contributed by atoms with Gasteiger partial charge in [0.1, 0.15) is 0 Å². The van der Waals surface area contributed by atoms with Crippen molar-refractivity contribution in [3.05, 3.63) is 54.4 Å². The standard InChI is InChI=1S/C14H15N3O/c15-14-6-7-16-9-11(14)8-13(18)10-17-12-4-2-1-3-5-12/h1-7,9,17H,8,10H2,(H2,15,16). The van der Waals surface area contributed by atoms with Crippen LogP contribution in [0.4, 0.5) is 11.4 Å². The summed E-state index contributed by atoms with van der Waals surface area (Å²) in [6.07, 6.45) is 3.56. The smallest absolute Gasteiger partial charge is 0.156 e. The predicted molar refractivity (Wildman–Crippen MR) is 72.3 cm³/mol. The molecule has 1 aromatic heterocycles. The molecule has 0 radical (unpaired) electrons. The first kappa shape index (κ1) is 12.1. The predicted octanol–water partition coefficient (Wildman–Crippen LogP) is 1.89. The summed E-state index contributed by atoms with van der Waals surface area (Å²) >= 11 is 0. The number of pyridine rings is 1. The molecule has 0 spiro atoms. The highest BCUT2D eigenvalue weighted by molar-refractivity contribution is 5.86. The lowest BCUT2D eigenvalue weighted by Crippen LogP contribution is -2.16. The van der Waals surface area contributed by atoms with Gasteiger partial charge in [-0.15, -0.1) is 0 Å². The molecule has 92 valence electrons. The molecule has 0 saturated carbocycles. The van der Waals surface area contributed by atoms with Crippen LogP contribution < -0.4 is 11.1 Å². The van der Waals surface area contributed by atoms with Crippen molar-refractivity contribution in [3.63, 3.8) is 0 Å². The number of nitrogens with two attached hydrogens (primary N) is 1. The summed E-state index contributed by atoms with van der Waals surface area (Å²) in [6.45, 7) is 0.290. The van der Waals surface area contributed by atoms with Crippen LogP contribution in [0.2, 0.25) is 0 Å². The highest BCUT2D eigenvalue weighted by atomic mass is 16.1. The van der Waals surface area contributed by atoms with Crippen LogP contribution in [0.25, 0.3) is 0 Å². The largest absolute Gasteiger partial charge is 0.398 e. The lowest BCUT2D eigenvalue weighted by Gasteiger charge is -2.06. The second-order valence-electron chi connectivity index (χ2n) is 4.01. The van der Waals surface area contributed by atoms with Gasteiger partial charge in [-0.2, -0.15) is 0 Å². The van der Waals surface area contributed by atoms with Crippen molar-refractivity contribution in [2.75, 3.05) is 17.6 Å². The number of hydrogen-bond acceptors (Lipinski definition) is 4. The number of nitrogens with one attached hydrogen (secondary N) is 1. The zero-order chi connectivity index (χ0) is 12.8. The van der Waals surface area contributed by atoms with Crippen LogP contribution in [0.15, 0.2) is 48.8 Å². The van der Waals surface area contributed by atoms with E-state index in [0.717, 1.165) is 11.3 Å². The average Bonchev–Trinajstić information content (AvgIpc) is 2.40. The third-order valence-electron chi connectivity index (χ3n) is 2.59. The second kappa shape index (κ2) is 5.82. The number of aromatic nitrogens is 1. The number of hydrogen-bond donors (Lipinski definition) is 2. The van der Waals surface area contributed by atoms with Crippen LogP contribution in [0.5, 0.6) is 0 Å². The molecule has 0 saturated heterocycles. The minimum Gasteiger partial charge on any atom is -0.398 e. The fourth-order valence-electron chi connectivity index (χ4n) is 1.62. The molecule has 1 heterocycles. The van der Waals surface area contributed by atoms with Crippen LogP contribution in [0, 0.1) is 0 Å². The maximum atomic E-state index is 11.8. The molecule has 0 unspecified atom stereocenters. The van der Waals surface area contributed by atoms with E-state index in [2.05, 4.69) is 10.3 Å². The van der Waals surface area contributed by atoms with E-state index < -0.39 is 0 Å². The minimum absolute atomic E-state index is 0.0820. The topological polar surface area (TPSA) is 68.0 Å². The number of carbonyl (C=O) groups excluding carboxylic acids is 1. The summed E-state index contributed by atoms with van der Waals surface area (Å²) in [5, 5.41) is 3.07. The van der Waals surface area contributed by atoms with Gasteiger partial charge in [-0.1, -0.05) is 18.2 Å². The number of carbonyl (C=O) groups is 1. The average molecular weight is 241 g/mol. The zero-order valence-corrected chi connectivity index (χ0v) is 9.97. The highest BCUT2D eigenvalue weighted by Crippen LogP contribution is 2.10. The maximum Gasteiger partial charge on any atom is 0.156 e. The molecule has 0 aliphatic heterocycles. The van der Waals surface area contributed by atoms with Gasteiger partial charge in [0.15, 0.2) is 5.78 Å². The molecule has 0 aliphatic carbocycles. The molecular weight excluding hydrogens is 226 g/mol. The Labute approximate surface area is 106 Å². The molecule has 0 bridgehead atoms. The third kappa shape index (κ3) is 3.31. The molecule has 0 amide bonds. The molecule has 0 fully saturated rings. The third-order valence-corrected chi connectivity index (χ3v) is 2.59. The lowest BCUT2D eigenvalue weighted by molar-refractivity contribution is -0.116. The normalized spacial score (nSPS) is 10.0. The van der Waals surface area contributed by atoms with E-state index >= 15 is 0 Å². The van der Waals surface area contributed by atoms with Gasteiger partial charge in [-0.3, -0.25) is 9.78 Å². The van der Waals surface area contributed by atoms with Crippen molar-refractivity contribution < 1.29 is 4.79 Å². The van der Waals surface area contributed by atoms with Gasteiger partial charge < -0.3 is 11.1 Å². The Bertz CT molecular complexity index is 526. The van der Waals surface area contributed by atoms with E-state index in [1.807, 2.05) is 30.3 Å². The lowest BCUT2D eigenvalue weighted by atomic mass is 10.1. The van der Waals surface area contributed by atoms with Crippen molar-refractivity contribution >= 4 is 17.2 Å². The van der Waals surface area contributed by atoms with E-state index in [0.29, 0.717) is 18.7 Å². The van der Waals surface area contributed by atoms with Gasteiger partial charge in [0.2, 0.25) is 0 Å². The monoisotopic (exact) mass is 241 g/mol. The zero-order valence-electron chi connectivity index (χ0n) is 9.97. The summed E-state index contributed by atoms with van der Waals surface area (Å²) in [7, 11) is 0. The first-order chi connectivity index (χ1) is 8.75. The van der Waals surface area contributed by atoms with Gasteiger partial charge in [-0.25, -0.2) is 0 Å². The van der Waals surface area contributed by atoms with Gasteiger partial charge in [0.05, 0.1) is 6.54 Å². The van der Waals surface area contributed by atoms with Gasteiger partial charge >= 0.3 is 0 Å². The molecule has 3 N–H and O–H groups in total. The first-order valence-corrected chi connectivity index (χ1v) is 5.74. The van der Waals surface area contributed by atoms with Gasteiger partial charge in [-0.05, 0) is 18.2 Å². The van der Waals surface area contributed by atoms with E-state index in [1.54, 1.807) is 18.5 Å². The quantitative estimate of drug-likeness (QED) is 0.838. The fraction of sp³-hybridized carbons (Fsp3) is 0.143. The number of benzene rings is 1. The fourth-order valence-corrected chi connectivity index (χ4v) is 1.62. The van der Waals surface area contributed by atoms with Crippen LogP contribution >= 0.6 is 0 Å². The summed E-state index contributed by atoms with van der Waals surface area (Å²) in [6, 6.07) is 11.3. The summed E-state index contributed by atoms with van der Waals surface area (Å²) in [5.41, 5.74) is 8.08. The van der Waals surface area contributed by atoms with Crippen molar-refractivity contribution in [1.82, 2.24) is 4.98 Å². The number of rotatable bonds is 5. The van der Waals surface area contributed by atoms with Crippen molar-refractivity contribution in [2.24, 2.45) is 0 Å². The van der Waals surface area contributed by atoms with Crippen molar-refractivity contribution in [2.45, 2.75) is 6.42 Å². The number of para-hydroxylation sites is 1. The summed E-state index contributed by atoms with van der Waals surface area (Å²) in [5.74, 6) is 0.0820. The Balaban J connectivity index is 1.88. The van der Waals surface area contributed by atoms with Crippen LogP contribution in [-0.2, 0) is 11.2 Å². The Morgan fingerprint density at radius 1 is 1.22 bits per heavy atom. The van der Waals surface area contributed by atoms with E-state index in [9.17, 15) is 4.79 Å². The van der Waals surface area contributed by atoms with E-state index in [1.165, 1.54) is 0 Å². The van der Waals surface area contributed by atoms with Crippen LogP contribution in [0.3, 0.4) is 0 Å². The van der Waals surface area contributed by atoms with Gasteiger partial charge in [0.25, 0.3) is 0 Å². The first-order valence-electron chi connectivity index (χ1n) is 5.74. The molecule has 2 aromatic rings. The van der Waals surface area contributed by atoms with Crippen LogP contribution in [-0.4, -0.2) is 17.3 Å². The van der Waals surface area contributed by atoms with Crippen molar-refractivity contribution in [1.29, 1.82) is 0 Å². The Hall–Kier alpha value is -2.36. The van der Waals surface area contributed by atoms with Crippen LogP contribution in [0.1, 0.15) is 5.56 Å². The molecule has 0 atom stereocenters. The van der Waals surface area contributed by atoms with Crippen molar-refractivity contribution in [3.8, 4) is 0 Å². The molecule has 18 heavy (non-hydrogen) atoms. The number of nitrogens with zero attached hydrogens (tertiary/aromatic N) is 1. The Kier molecular flexibility index (Phi) is 3.91. The summed E-state index contributed by atoms with van der Waals surface area (Å²) < 4.78 is 0. The second-order valence-corrected chi connectivity index (χ2v) is 4.01. The maximum absolute atomic E-state index is 11.8. The molecule has 0 aliphatic rings. The van der Waals surface area contributed by atoms with E-state index in [-0.39, 0.29) is 5.78 Å². The molecule has 4 nitrogen and oxygen atoms in total. The Morgan fingerprint density at radius 3 is 2.72 bits per heavy atom. The molecule has 4 heteroatoms. The summed E-state index contributed by atoms with van der Waals surface area (Å²) in [4.78, 5) is 15.8. The highest BCUT2D eigenvalue weighted by Gasteiger charge is 2.06.